The molecule has 3 N–H and O–H groups in total. The number of nitrogens with one attached hydrogen (secondary N) is 1. The van der Waals surface area contributed by atoms with Crippen LogP contribution in [0.5, 0.6) is 5.75 Å². The Morgan fingerprint density at radius 2 is 2.03 bits per heavy atom. The minimum atomic E-state index is -2.62. The predicted molar refractivity (Wildman–Crippen MR) is 131 cm³/mol. The van der Waals surface area contributed by atoms with E-state index in [9.17, 15) is 22.4 Å². The maximum absolute atomic E-state index is 15.0. The molecule has 1 aliphatic rings. The number of guanidine groups is 1. The summed E-state index contributed by atoms with van der Waals surface area (Å²) in [5, 5.41) is 2.84. The van der Waals surface area contributed by atoms with Crippen molar-refractivity contribution in [2.75, 3.05) is 45.9 Å². The molecule has 3 rings (SSSR count). The van der Waals surface area contributed by atoms with Crippen molar-refractivity contribution in [1.82, 2.24) is 4.90 Å². The number of aryl methyl sites for hydroxylation is 1. The highest BCUT2D eigenvalue weighted by molar-refractivity contribution is 5.97. The van der Waals surface area contributed by atoms with Gasteiger partial charge in [0.15, 0.2) is 5.96 Å². The van der Waals surface area contributed by atoms with Crippen LogP contribution in [0.1, 0.15) is 52.9 Å². The summed E-state index contributed by atoms with van der Waals surface area (Å²) in [6.45, 7) is 5.22. The van der Waals surface area contributed by atoms with E-state index in [-0.39, 0.29) is 23.7 Å². The number of aliphatic imine (C=N–C) groups is 1. The number of amides is 1. The third-order valence-electron chi connectivity index (χ3n) is 5.61. The number of ether oxygens (including phenoxy) is 2. The number of carbonyl (C=O) groups excluding carboxylic acids is 1. The van der Waals surface area contributed by atoms with E-state index in [2.05, 4.69) is 10.3 Å². The van der Waals surface area contributed by atoms with Crippen molar-refractivity contribution in [2.45, 2.75) is 32.7 Å². The standard InChI is InChI=1S/C24H29F3N4O3.CH3F/c1-4-33-10-8-29-24(28)30-19-13-18(25)17(11-14(19)2)23(32)31(3)20-7-9-34-21-12-15(22(26)27)5-6-16(20)21;1-2/h5-6,11-13,20,22H,4,7-10H2,1-3H3,(H3,28,29,30);1H3. The van der Waals surface area contributed by atoms with Crippen LogP contribution >= 0.6 is 0 Å². The fraction of sp³-hybridized carbons (Fsp3) is 0.440. The maximum Gasteiger partial charge on any atom is 0.263 e. The van der Waals surface area contributed by atoms with E-state index in [0.717, 1.165) is 0 Å². The van der Waals surface area contributed by atoms with Gasteiger partial charge in [-0.1, -0.05) is 12.1 Å². The van der Waals surface area contributed by atoms with E-state index >= 15 is 0 Å². The average Bonchev–Trinajstić information content (AvgIpc) is 2.88. The van der Waals surface area contributed by atoms with Gasteiger partial charge in [-0.25, -0.2) is 13.2 Å². The molecule has 1 heterocycles. The smallest absolute Gasteiger partial charge is 0.263 e. The van der Waals surface area contributed by atoms with E-state index in [1.807, 2.05) is 6.92 Å². The number of nitrogens with two attached hydrogens (primary N) is 1. The molecule has 2 aromatic carbocycles. The first-order chi connectivity index (χ1) is 17.2. The van der Waals surface area contributed by atoms with Crippen LogP contribution in [0, 0.1) is 12.7 Å². The van der Waals surface area contributed by atoms with Gasteiger partial charge in [0, 0.05) is 36.9 Å². The summed E-state index contributed by atoms with van der Waals surface area (Å²) in [6.07, 6.45) is -2.17. The highest BCUT2D eigenvalue weighted by atomic mass is 19.3. The van der Waals surface area contributed by atoms with Crippen molar-refractivity contribution in [2.24, 2.45) is 10.7 Å². The van der Waals surface area contributed by atoms with Gasteiger partial charge in [-0.05, 0) is 37.6 Å². The fourth-order valence-corrected chi connectivity index (χ4v) is 3.79. The van der Waals surface area contributed by atoms with E-state index in [1.54, 1.807) is 14.0 Å². The van der Waals surface area contributed by atoms with E-state index in [4.69, 9.17) is 15.2 Å². The maximum atomic E-state index is 15.0. The first-order valence-corrected chi connectivity index (χ1v) is 11.4. The molecular weight excluding hydrogens is 480 g/mol. The van der Waals surface area contributed by atoms with Crippen molar-refractivity contribution in [3.63, 3.8) is 0 Å². The first-order valence-electron chi connectivity index (χ1n) is 11.4. The van der Waals surface area contributed by atoms with Crippen LogP contribution in [-0.4, -0.2) is 57.4 Å². The zero-order chi connectivity index (χ0) is 26.8. The van der Waals surface area contributed by atoms with Gasteiger partial charge in [0.05, 0.1) is 38.5 Å². The minimum Gasteiger partial charge on any atom is -0.493 e. The lowest BCUT2D eigenvalue weighted by molar-refractivity contribution is 0.0680. The molecule has 1 atom stereocenters. The second-order valence-electron chi connectivity index (χ2n) is 7.90. The molecule has 1 aliphatic heterocycles. The van der Waals surface area contributed by atoms with Crippen LogP contribution in [0.2, 0.25) is 0 Å². The Morgan fingerprint density at radius 3 is 2.69 bits per heavy atom. The molecular formula is C25H32F4N4O3. The quantitative estimate of drug-likeness (QED) is 0.225. The number of anilines is 1. The number of fused-ring (bicyclic) bond motifs is 1. The monoisotopic (exact) mass is 512 g/mol. The van der Waals surface area contributed by atoms with Gasteiger partial charge in [-0.2, -0.15) is 0 Å². The Balaban J connectivity index is 0.00000222. The molecule has 36 heavy (non-hydrogen) atoms. The lowest BCUT2D eigenvalue weighted by Gasteiger charge is -2.33. The number of nitrogens with zero attached hydrogens (tertiary/aromatic N) is 2. The summed E-state index contributed by atoms with van der Waals surface area (Å²) in [5.74, 6) is -0.821. The van der Waals surface area contributed by atoms with Gasteiger partial charge in [0.2, 0.25) is 0 Å². The number of alkyl halides is 3. The molecule has 0 fully saturated rings. The summed E-state index contributed by atoms with van der Waals surface area (Å²) in [7, 11) is 2.06. The highest BCUT2D eigenvalue weighted by Crippen LogP contribution is 2.38. The summed E-state index contributed by atoms with van der Waals surface area (Å²) < 4.78 is 61.3. The zero-order valence-electron chi connectivity index (χ0n) is 20.8. The number of rotatable bonds is 8. The molecule has 0 saturated carbocycles. The average molecular weight is 513 g/mol. The third kappa shape index (κ3) is 7.09. The SMILES string of the molecule is CCOCCN=C(N)Nc1cc(F)c(C(=O)N(C)C2CCOc3cc(C(F)F)ccc32)cc1C.CF. The normalized spacial score (nSPS) is 14.9. The Hall–Kier alpha value is -3.34. The van der Waals surface area contributed by atoms with Crippen molar-refractivity contribution in [1.29, 1.82) is 0 Å². The lowest BCUT2D eigenvalue weighted by atomic mass is 9.96. The summed E-state index contributed by atoms with van der Waals surface area (Å²) in [4.78, 5) is 18.7. The van der Waals surface area contributed by atoms with Gasteiger partial charge in [-0.3, -0.25) is 14.2 Å². The van der Waals surface area contributed by atoms with Crippen molar-refractivity contribution < 1.29 is 31.8 Å². The molecule has 0 radical (unpaired) electrons. The van der Waals surface area contributed by atoms with Gasteiger partial charge in [-0.15, -0.1) is 0 Å². The van der Waals surface area contributed by atoms with E-state index in [1.165, 1.54) is 35.2 Å². The lowest BCUT2D eigenvalue weighted by Crippen LogP contribution is -2.35. The molecule has 0 aromatic heterocycles. The highest BCUT2D eigenvalue weighted by Gasteiger charge is 2.30. The molecule has 1 unspecified atom stereocenters. The van der Waals surface area contributed by atoms with Gasteiger partial charge < -0.3 is 25.4 Å². The number of carbonyl (C=O) groups is 1. The Kier molecular flexibility index (Phi) is 11.0. The van der Waals surface area contributed by atoms with Crippen molar-refractivity contribution in [3.8, 4) is 5.75 Å². The van der Waals surface area contributed by atoms with Crippen LogP contribution in [0.3, 0.4) is 0 Å². The van der Waals surface area contributed by atoms with Gasteiger partial charge in [0.25, 0.3) is 12.3 Å². The molecule has 0 spiro atoms. The molecule has 1 amide bonds. The van der Waals surface area contributed by atoms with Crippen molar-refractivity contribution in [3.05, 3.63) is 58.4 Å². The van der Waals surface area contributed by atoms with E-state index < -0.39 is 24.2 Å². The molecule has 0 bridgehead atoms. The second kappa shape index (κ2) is 13.7. The number of benzene rings is 2. The molecule has 198 valence electrons. The van der Waals surface area contributed by atoms with Crippen LogP contribution in [0.4, 0.5) is 23.2 Å². The molecule has 2 aromatic rings. The molecule has 0 aliphatic carbocycles. The summed E-state index contributed by atoms with van der Waals surface area (Å²) >= 11 is 0. The molecule has 0 saturated heterocycles. The Labute approximate surface area is 208 Å². The molecule has 11 heteroatoms. The number of hydrogen-bond donors (Lipinski definition) is 2. The molecule has 7 nitrogen and oxygen atoms in total. The fourth-order valence-electron chi connectivity index (χ4n) is 3.79. The van der Waals surface area contributed by atoms with Crippen molar-refractivity contribution >= 4 is 17.6 Å². The zero-order valence-corrected chi connectivity index (χ0v) is 20.8. The predicted octanol–water partition coefficient (Wildman–Crippen LogP) is 5.02. The second-order valence-corrected chi connectivity index (χ2v) is 7.90. The summed E-state index contributed by atoms with van der Waals surface area (Å²) in [5.41, 5.74) is 7.21. The van der Waals surface area contributed by atoms with Crippen LogP contribution in [0.25, 0.3) is 0 Å². The van der Waals surface area contributed by atoms with Crippen LogP contribution < -0.4 is 15.8 Å². The summed E-state index contributed by atoms with van der Waals surface area (Å²) in [6, 6.07) is 6.35. The number of hydrogen-bond acceptors (Lipinski definition) is 4. The largest absolute Gasteiger partial charge is 0.493 e. The van der Waals surface area contributed by atoms with E-state index in [0.29, 0.717) is 55.9 Å². The Bertz CT molecular complexity index is 1070. The topological polar surface area (TPSA) is 89.2 Å². The van der Waals surface area contributed by atoms with Crippen LogP contribution in [-0.2, 0) is 4.74 Å². The third-order valence-corrected chi connectivity index (χ3v) is 5.61. The van der Waals surface area contributed by atoms with Gasteiger partial charge >= 0.3 is 0 Å². The van der Waals surface area contributed by atoms with Gasteiger partial charge in [0.1, 0.15) is 11.6 Å². The number of halogens is 4. The van der Waals surface area contributed by atoms with Crippen LogP contribution in [0.15, 0.2) is 35.3 Å². The Morgan fingerprint density at radius 1 is 1.31 bits per heavy atom. The first kappa shape index (κ1) is 28.9. The minimum absolute atomic E-state index is 0.102.